The lowest BCUT2D eigenvalue weighted by Crippen LogP contribution is -2.17. The van der Waals surface area contributed by atoms with Gasteiger partial charge in [0.1, 0.15) is 6.61 Å². The molecule has 0 aliphatic heterocycles. The van der Waals surface area contributed by atoms with Crippen LogP contribution in [0, 0.1) is 13.8 Å². The van der Waals surface area contributed by atoms with Crippen LogP contribution in [-0.2, 0) is 4.79 Å². The van der Waals surface area contributed by atoms with Crippen molar-refractivity contribution in [1.29, 1.82) is 0 Å². The van der Waals surface area contributed by atoms with Crippen LogP contribution >= 0.6 is 0 Å². The van der Waals surface area contributed by atoms with Gasteiger partial charge in [0.2, 0.25) is 5.91 Å². The highest BCUT2D eigenvalue weighted by molar-refractivity contribution is 5.93. The van der Waals surface area contributed by atoms with E-state index in [0.29, 0.717) is 5.69 Å². The molecule has 0 unspecified atom stereocenters. The zero-order chi connectivity index (χ0) is 13.1. The van der Waals surface area contributed by atoms with Gasteiger partial charge < -0.3 is 10.4 Å². The van der Waals surface area contributed by atoms with Gasteiger partial charge in [0.15, 0.2) is 0 Å². The molecule has 0 fully saturated rings. The molecule has 5 nitrogen and oxygen atoms in total. The fourth-order valence-corrected chi connectivity index (χ4v) is 1.83. The number of para-hydroxylation sites is 2. The third-order valence-electron chi connectivity index (χ3n) is 2.56. The van der Waals surface area contributed by atoms with Crippen LogP contribution in [0.25, 0.3) is 5.69 Å². The SMILES string of the molecule is Cc1cc(C)n(-c2ccccc2NC(=O)CO)n1. The van der Waals surface area contributed by atoms with Crippen LogP contribution < -0.4 is 5.32 Å². The van der Waals surface area contributed by atoms with Gasteiger partial charge in [0, 0.05) is 5.69 Å². The predicted octanol–water partition coefficient (Wildman–Crippen LogP) is 1.42. The lowest BCUT2D eigenvalue weighted by Gasteiger charge is -2.11. The van der Waals surface area contributed by atoms with E-state index in [1.54, 1.807) is 10.7 Å². The standard InChI is InChI=1S/C13H15N3O2/c1-9-7-10(2)16(15-9)12-6-4-3-5-11(12)14-13(18)8-17/h3-7,17H,8H2,1-2H3,(H,14,18). The fourth-order valence-electron chi connectivity index (χ4n) is 1.83. The number of aliphatic hydroxyl groups excluding tert-OH is 1. The highest BCUT2D eigenvalue weighted by Gasteiger charge is 2.10. The number of hydrogen-bond acceptors (Lipinski definition) is 3. The first kappa shape index (κ1) is 12.3. The number of carbonyl (C=O) groups excluding carboxylic acids is 1. The first-order valence-electron chi connectivity index (χ1n) is 5.65. The molecular formula is C13H15N3O2. The van der Waals surface area contributed by atoms with Crippen molar-refractivity contribution in [3.63, 3.8) is 0 Å². The van der Waals surface area contributed by atoms with Crippen molar-refractivity contribution in [3.05, 3.63) is 41.7 Å². The number of aryl methyl sites for hydroxylation is 2. The minimum absolute atomic E-state index is 0.441. The largest absolute Gasteiger partial charge is 0.387 e. The van der Waals surface area contributed by atoms with Crippen LogP contribution in [0.1, 0.15) is 11.4 Å². The van der Waals surface area contributed by atoms with Gasteiger partial charge in [-0.05, 0) is 32.0 Å². The Kier molecular flexibility index (Phi) is 3.43. The third kappa shape index (κ3) is 2.41. The van der Waals surface area contributed by atoms with Crippen LogP contribution in [0.2, 0.25) is 0 Å². The highest BCUT2D eigenvalue weighted by Crippen LogP contribution is 2.21. The zero-order valence-corrected chi connectivity index (χ0v) is 10.3. The molecule has 1 aromatic heterocycles. The molecule has 1 amide bonds. The van der Waals surface area contributed by atoms with Crippen molar-refractivity contribution in [2.24, 2.45) is 0 Å². The summed E-state index contributed by atoms with van der Waals surface area (Å²) < 4.78 is 1.77. The molecule has 0 aliphatic carbocycles. The molecule has 18 heavy (non-hydrogen) atoms. The normalized spacial score (nSPS) is 10.4. The van der Waals surface area contributed by atoms with Crippen molar-refractivity contribution in [3.8, 4) is 5.69 Å². The monoisotopic (exact) mass is 245 g/mol. The Balaban J connectivity index is 2.44. The number of anilines is 1. The second-order valence-corrected chi connectivity index (χ2v) is 4.06. The van der Waals surface area contributed by atoms with Crippen LogP contribution in [-0.4, -0.2) is 27.4 Å². The summed E-state index contributed by atoms with van der Waals surface area (Å²) in [6.45, 7) is 3.33. The molecule has 1 heterocycles. The number of carbonyl (C=O) groups is 1. The van der Waals surface area contributed by atoms with Gasteiger partial charge in [-0.2, -0.15) is 5.10 Å². The molecule has 0 radical (unpaired) electrons. The molecule has 1 aromatic carbocycles. The van der Waals surface area contributed by atoms with Gasteiger partial charge in [0.25, 0.3) is 0 Å². The fraction of sp³-hybridized carbons (Fsp3) is 0.231. The van der Waals surface area contributed by atoms with Crippen molar-refractivity contribution in [2.75, 3.05) is 11.9 Å². The summed E-state index contributed by atoms with van der Waals surface area (Å²) in [4.78, 5) is 11.3. The minimum Gasteiger partial charge on any atom is -0.387 e. The van der Waals surface area contributed by atoms with E-state index in [-0.39, 0.29) is 0 Å². The number of amides is 1. The van der Waals surface area contributed by atoms with Gasteiger partial charge in [0.05, 0.1) is 17.1 Å². The Hall–Kier alpha value is -2.14. The van der Waals surface area contributed by atoms with Gasteiger partial charge in [-0.15, -0.1) is 0 Å². The summed E-state index contributed by atoms with van der Waals surface area (Å²) in [6, 6.07) is 9.30. The summed E-state index contributed by atoms with van der Waals surface area (Å²) in [7, 11) is 0. The second-order valence-electron chi connectivity index (χ2n) is 4.06. The highest BCUT2D eigenvalue weighted by atomic mass is 16.3. The number of aliphatic hydroxyl groups is 1. The number of benzene rings is 1. The zero-order valence-electron chi connectivity index (χ0n) is 10.3. The van der Waals surface area contributed by atoms with Crippen LogP contribution in [0.3, 0.4) is 0 Å². The van der Waals surface area contributed by atoms with Crippen molar-refractivity contribution < 1.29 is 9.90 Å². The number of aromatic nitrogens is 2. The molecule has 0 saturated heterocycles. The molecule has 0 saturated carbocycles. The number of nitrogens with one attached hydrogen (secondary N) is 1. The summed E-state index contributed by atoms with van der Waals surface area (Å²) in [5, 5.41) is 15.8. The van der Waals surface area contributed by atoms with Crippen molar-refractivity contribution in [1.82, 2.24) is 9.78 Å². The molecule has 2 rings (SSSR count). The Bertz CT molecular complexity index is 575. The van der Waals surface area contributed by atoms with E-state index in [0.717, 1.165) is 17.1 Å². The van der Waals surface area contributed by atoms with Crippen molar-refractivity contribution >= 4 is 11.6 Å². The van der Waals surface area contributed by atoms with E-state index in [2.05, 4.69) is 10.4 Å². The average Bonchev–Trinajstić information content (AvgIpc) is 2.69. The Morgan fingerprint density at radius 2 is 2.11 bits per heavy atom. The van der Waals surface area contributed by atoms with E-state index >= 15 is 0 Å². The van der Waals surface area contributed by atoms with Gasteiger partial charge in [-0.3, -0.25) is 4.79 Å². The van der Waals surface area contributed by atoms with Crippen molar-refractivity contribution in [2.45, 2.75) is 13.8 Å². The van der Waals surface area contributed by atoms with E-state index < -0.39 is 12.5 Å². The molecular weight excluding hydrogens is 230 g/mol. The number of hydrogen-bond donors (Lipinski definition) is 2. The maximum Gasteiger partial charge on any atom is 0.250 e. The Morgan fingerprint density at radius 3 is 2.72 bits per heavy atom. The Morgan fingerprint density at radius 1 is 1.39 bits per heavy atom. The van der Waals surface area contributed by atoms with E-state index in [1.165, 1.54) is 0 Å². The molecule has 5 heteroatoms. The lowest BCUT2D eigenvalue weighted by molar-refractivity contribution is -0.118. The first-order valence-corrected chi connectivity index (χ1v) is 5.65. The van der Waals surface area contributed by atoms with Gasteiger partial charge in [-0.25, -0.2) is 4.68 Å². The Labute approximate surface area is 105 Å². The van der Waals surface area contributed by atoms with E-state index in [1.807, 2.05) is 38.1 Å². The van der Waals surface area contributed by atoms with Crippen LogP contribution in [0.5, 0.6) is 0 Å². The van der Waals surface area contributed by atoms with Gasteiger partial charge in [-0.1, -0.05) is 12.1 Å². The molecule has 0 atom stereocenters. The average molecular weight is 245 g/mol. The molecule has 0 aliphatic rings. The summed E-state index contributed by atoms with van der Waals surface area (Å²) in [5.41, 5.74) is 3.31. The summed E-state index contributed by atoms with van der Waals surface area (Å²) >= 11 is 0. The maximum atomic E-state index is 11.3. The van der Waals surface area contributed by atoms with Gasteiger partial charge >= 0.3 is 0 Å². The molecule has 0 bridgehead atoms. The summed E-state index contributed by atoms with van der Waals surface area (Å²) in [6.07, 6.45) is 0. The van der Waals surface area contributed by atoms with E-state index in [9.17, 15) is 4.79 Å². The molecule has 2 aromatic rings. The predicted molar refractivity (Wildman–Crippen MR) is 68.8 cm³/mol. The van der Waals surface area contributed by atoms with Crippen LogP contribution in [0.15, 0.2) is 30.3 Å². The maximum absolute atomic E-state index is 11.3. The quantitative estimate of drug-likeness (QED) is 0.859. The summed E-state index contributed by atoms with van der Waals surface area (Å²) in [5.74, 6) is -0.441. The van der Waals surface area contributed by atoms with Crippen LogP contribution in [0.4, 0.5) is 5.69 Å². The molecule has 2 N–H and O–H groups in total. The third-order valence-corrected chi connectivity index (χ3v) is 2.56. The number of nitrogens with zero attached hydrogens (tertiary/aromatic N) is 2. The smallest absolute Gasteiger partial charge is 0.250 e. The van der Waals surface area contributed by atoms with E-state index in [4.69, 9.17) is 5.11 Å². The lowest BCUT2D eigenvalue weighted by atomic mass is 10.2. The minimum atomic E-state index is -0.536. The number of rotatable bonds is 3. The first-order chi connectivity index (χ1) is 8.61. The topological polar surface area (TPSA) is 67.2 Å². The molecule has 0 spiro atoms. The second kappa shape index (κ2) is 5.01. The molecule has 94 valence electrons.